The van der Waals surface area contributed by atoms with Gasteiger partial charge in [0, 0.05) is 34.4 Å². The lowest BCUT2D eigenvalue weighted by Gasteiger charge is -2.14. The van der Waals surface area contributed by atoms with E-state index in [2.05, 4.69) is 5.32 Å². The van der Waals surface area contributed by atoms with E-state index in [-0.39, 0.29) is 12.8 Å². The van der Waals surface area contributed by atoms with Gasteiger partial charge in [-0.15, -0.1) is 0 Å². The second-order valence-corrected chi connectivity index (χ2v) is 7.46. The summed E-state index contributed by atoms with van der Waals surface area (Å²) < 4.78 is 11.2. The summed E-state index contributed by atoms with van der Waals surface area (Å²) >= 11 is 0. The number of carbonyl (C=O) groups is 2. The minimum Gasteiger partial charge on any atom is -0.548 e. The monoisotopic (exact) mass is 418 g/mol. The van der Waals surface area contributed by atoms with Crippen LogP contribution >= 0.6 is 0 Å². The molecule has 1 N–H and O–H groups in total. The Hall–Kier alpha value is -3.87. The Morgan fingerprint density at radius 3 is 2.55 bits per heavy atom. The first-order valence-electron chi connectivity index (χ1n) is 9.88. The first-order valence-corrected chi connectivity index (χ1v) is 9.88. The maximum absolute atomic E-state index is 12.5. The lowest BCUT2D eigenvalue weighted by atomic mass is 9.99. The molecule has 0 saturated heterocycles. The average molecular weight is 418 g/mol. The number of aliphatic carboxylic acids is 1. The maximum Gasteiger partial charge on any atom is 0.339 e. The highest BCUT2D eigenvalue weighted by Gasteiger charge is 2.17. The minimum atomic E-state index is -1.37. The van der Waals surface area contributed by atoms with Gasteiger partial charge in [-0.05, 0) is 37.5 Å². The number of carboxylic acid groups (broad SMARTS) is 1. The summed E-state index contributed by atoms with van der Waals surface area (Å²) in [6, 6.07) is 12.3. The largest absolute Gasteiger partial charge is 0.548 e. The van der Waals surface area contributed by atoms with Crippen molar-refractivity contribution in [1.29, 1.82) is 0 Å². The van der Waals surface area contributed by atoms with Gasteiger partial charge in [-0.1, -0.05) is 30.3 Å². The van der Waals surface area contributed by atoms with Crippen molar-refractivity contribution < 1.29 is 23.5 Å². The molecule has 0 unspecified atom stereocenters. The second kappa shape index (κ2) is 8.10. The Kier molecular flexibility index (Phi) is 5.33. The summed E-state index contributed by atoms with van der Waals surface area (Å²) in [7, 11) is 0. The lowest BCUT2D eigenvalue weighted by Crippen LogP contribution is -2.46. The summed E-state index contributed by atoms with van der Waals surface area (Å²) in [5.74, 6) is -1.85. The summed E-state index contributed by atoms with van der Waals surface area (Å²) in [5, 5.41) is 14.8. The summed E-state index contributed by atoms with van der Waals surface area (Å²) in [6.45, 7) is 3.13. The molecule has 0 spiro atoms. The highest BCUT2D eigenvalue weighted by Crippen LogP contribution is 2.34. The van der Waals surface area contributed by atoms with Crippen molar-refractivity contribution >= 4 is 33.8 Å². The Balaban J connectivity index is 1.71. The molecule has 2 heterocycles. The van der Waals surface area contributed by atoms with Crippen LogP contribution in [0.25, 0.3) is 33.1 Å². The normalized spacial score (nSPS) is 12.2. The third-order valence-corrected chi connectivity index (χ3v) is 5.40. The van der Waals surface area contributed by atoms with Crippen LogP contribution in [0.15, 0.2) is 62.4 Å². The summed E-state index contributed by atoms with van der Waals surface area (Å²) in [5.41, 5.74) is 3.52. The van der Waals surface area contributed by atoms with Gasteiger partial charge in [0.2, 0.25) is 5.91 Å². The van der Waals surface area contributed by atoms with E-state index in [1.807, 2.05) is 43.3 Å². The second-order valence-electron chi connectivity index (χ2n) is 7.46. The number of carboxylic acids is 1. The molecule has 7 heteroatoms. The van der Waals surface area contributed by atoms with Gasteiger partial charge in [-0.25, -0.2) is 4.79 Å². The number of fused-ring (bicyclic) bond motifs is 2. The zero-order chi connectivity index (χ0) is 22.1. The van der Waals surface area contributed by atoms with Crippen LogP contribution in [-0.2, 0) is 16.0 Å². The van der Waals surface area contributed by atoms with Crippen LogP contribution in [0.1, 0.15) is 24.5 Å². The standard InChI is InChI=1S/C24H21NO6/c1-13-16(8-9-22(26)25-14(2)23(27)28)24(29)31-21-11-20-18(10-17(13)21)19(12-30-20)15-6-4-3-5-7-15/h3-7,10-12,14H,8-9H2,1-2H3,(H,25,26)(H,27,28)/p-1/t14-/m0/s1. The maximum atomic E-state index is 12.5. The summed E-state index contributed by atoms with van der Waals surface area (Å²) in [4.78, 5) is 35.3. The molecule has 0 saturated carbocycles. The zero-order valence-electron chi connectivity index (χ0n) is 17.1. The third kappa shape index (κ3) is 3.94. The van der Waals surface area contributed by atoms with Crippen LogP contribution in [0.4, 0.5) is 0 Å². The van der Waals surface area contributed by atoms with Gasteiger partial charge < -0.3 is 24.1 Å². The minimum absolute atomic E-state index is 0.0437. The molecule has 2 aromatic carbocycles. The molecule has 7 nitrogen and oxygen atoms in total. The van der Waals surface area contributed by atoms with Gasteiger partial charge in [0.25, 0.3) is 0 Å². The van der Waals surface area contributed by atoms with E-state index in [0.29, 0.717) is 22.3 Å². The lowest BCUT2D eigenvalue weighted by molar-refractivity contribution is -0.307. The van der Waals surface area contributed by atoms with Gasteiger partial charge in [-0.2, -0.15) is 0 Å². The quantitative estimate of drug-likeness (QED) is 0.482. The fraction of sp³-hybridized carbons (Fsp3) is 0.208. The van der Waals surface area contributed by atoms with E-state index in [1.165, 1.54) is 6.92 Å². The highest BCUT2D eigenvalue weighted by atomic mass is 16.4. The number of nitrogens with one attached hydrogen (secondary N) is 1. The van der Waals surface area contributed by atoms with E-state index in [1.54, 1.807) is 12.3 Å². The topological polar surface area (TPSA) is 113 Å². The number of furan rings is 1. The van der Waals surface area contributed by atoms with E-state index >= 15 is 0 Å². The van der Waals surface area contributed by atoms with E-state index in [4.69, 9.17) is 8.83 Å². The number of carbonyl (C=O) groups excluding carboxylic acids is 2. The Labute approximate surface area is 177 Å². The molecule has 0 aliphatic heterocycles. The number of hydrogen-bond donors (Lipinski definition) is 1. The van der Waals surface area contributed by atoms with Gasteiger partial charge in [-0.3, -0.25) is 4.79 Å². The summed E-state index contributed by atoms with van der Waals surface area (Å²) in [6.07, 6.45) is 1.76. The zero-order valence-corrected chi connectivity index (χ0v) is 17.1. The van der Waals surface area contributed by atoms with Crippen LogP contribution in [0.3, 0.4) is 0 Å². The van der Waals surface area contributed by atoms with Crippen LogP contribution in [-0.4, -0.2) is 17.9 Å². The molecule has 4 aromatic rings. The van der Waals surface area contributed by atoms with Crippen molar-refractivity contribution in [2.75, 3.05) is 0 Å². The van der Waals surface area contributed by atoms with Crippen LogP contribution in [0.2, 0.25) is 0 Å². The van der Waals surface area contributed by atoms with Crippen LogP contribution in [0.5, 0.6) is 0 Å². The number of aryl methyl sites for hydroxylation is 1. The Bertz CT molecular complexity index is 1350. The molecule has 0 bridgehead atoms. The number of rotatable bonds is 6. The number of benzene rings is 2. The molecule has 0 aliphatic carbocycles. The van der Waals surface area contributed by atoms with Gasteiger partial charge in [0.1, 0.15) is 11.2 Å². The average Bonchev–Trinajstić information content (AvgIpc) is 3.15. The van der Waals surface area contributed by atoms with E-state index in [9.17, 15) is 19.5 Å². The van der Waals surface area contributed by atoms with E-state index in [0.717, 1.165) is 21.9 Å². The molecular formula is C24H20NO6-. The van der Waals surface area contributed by atoms with E-state index < -0.39 is 23.5 Å². The molecular weight excluding hydrogens is 398 g/mol. The van der Waals surface area contributed by atoms with Crippen molar-refractivity contribution in [2.45, 2.75) is 32.7 Å². The fourth-order valence-corrected chi connectivity index (χ4v) is 3.65. The third-order valence-electron chi connectivity index (χ3n) is 5.40. The van der Waals surface area contributed by atoms with Crippen molar-refractivity contribution in [3.05, 3.63) is 70.3 Å². The smallest absolute Gasteiger partial charge is 0.339 e. The molecule has 0 radical (unpaired) electrons. The Morgan fingerprint density at radius 2 is 1.84 bits per heavy atom. The highest BCUT2D eigenvalue weighted by molar-refractivity contribution is 6.02. The molecule has 2 aromatic heterocycles. The van der Waals surface area contributed by atoms with Crippen molar-refractivity contribution in [2.24, 2.45) is 0 Å². The molecule has 158 valence electrons. The molecule has 4 rings (SSSR count). The van der Waals surface area contributed by atoms with Crippen LogP contribution < -0.4 is 16.0 Å². The predicted octanol–water partition coefficient (Wildman–Crippen LogP) is 2.70. The van der Waals surface area contributed by atoms with Gasteiger partial charge in [0.15, 0.2) is 0 Å². The van der Waals surface area contributed by atoms with Crippen molar-refractivity contribution in [1.82, 2.24) is 5.32 Å². The van der Waals surface area contributed by atoms with Crippen molar-refractivity contribution in [3.63, 3.8) is 0 Å². The predicted molar refractivity (Wildman–Crippen MR) is 113 cm³/mol. The number of amides is 1. The molecule has 31 heavy (non-hydrogen) atoms. The van der Waals surface area contributed by atoms with Gasteiger partial charge >= 0.3 is 5.63 Å². The SMILES string of the molecule is Cc1c(CCC(=O)N[C@@H](C)C(=O)[O-])c(=O)oc2cc3occ(-c4ccccc4)c3cc12. The molecule has 1 atom stereocenters. The van der Waals surface area contributed by atoms with Gasteiger partial charge in [0.05, 0.1) is 18.3 Å². The Morgan fingerprint density at radius 1 is 1.10 bits per heavy atom. The van der Waals surface area contributed by atoms with Crippen molar-refractivity contribution in [3.8, 4) is 11.1 Å². The number of hydrogen-bond acceptors (Lipinski definition) is 6. The first kappa shape index (κ1) is 20.4. The molecule has 0 fully saturated rings. The molecule has 1 amide bonds. The first-order chi connectivity index (χ1) is 14.8. The fourth-order valence-electron chi connectivity index (χ4n) is 3.65. The molecule has 0 aliphatic rings. The van der Waals surface area contributed by atoms with Crippen LogP contribution in [0, 0.1) is 6.92 Å².